The Labute approximate surface area is 239 Å². The number of carbonyl (C=O) groups is 1. The van der Waals surface area contributed by atoms with E-state index in [-0.39, 0.29) is 11.8 Å². The number of anilines is 1. The fourth-order valence-corrected chi connectivity index (χ4v) is 7.67. The fourth-order valence-electron chi connectivity index (χ4n) is 6.61. The minimum atomic E-state index is -0.973. The van der Waals surface area contributed by atoms with Crippen LogP contribution < -0.4 is 4.90 Å². The van der Waals surface area contributed by atoms with E-state index in [0.717, 1.165) is 76.0 Å². The highest BCUT2D eigenvalue weighted by Gasteiger charge is 2.37. The highest BCUT2D eigenvalue weighted by atomic mass is 32.1. The van der Waals surface area contributed by atoms with Gasteiger partial charge in [-0.15, -0.1) is 11.3 Å². The van der Waals surface area contributed by atoms with E-state index in [4.69, 9.17) is 14.5 Å². The molecule has 0 N–H and O–H groups in total. The number of benzene rings is 1. The summed E-state index contributed by atoms with van der Waals surface area (Å²) < 4.78 is 35.8. The maximum Gasteiger partial charge on any atom is 0.227 e. The summed E-state index contributed by atoms with van der Waals surface area (Å²) in [6.07, 6.45) is 6.40. The number of carbonyl (C=O) groups excluding carboxylic acids is 1. The van der Waals surface area contributed by atoms with E-state index in [1.165, 1.54) is 16.6 Å². The van der Waals surface area contributed by atoms with Gasteiger partial charge in [-0.25, -0.2) is 18.7 Å². The molecule has 41 heavy (non-hydrogen) atoms. The van der Waals surface area contributed by atoms with Crippen LogP contribution in [-0.4, -0.2) is 25.4 Å². The van der Waals surface area contributed by atoms with Crippen molar-refractivity contribution in [3.63, 3.8) is 0 Å². The standard InChI is InChI=1S/C31H29F2N5O2S/c1-16-29(17(2)40-36-16)19-11-12-37-27(14-19)35-30(31(37)20-7-10-24-26(13-20)41-18(3)34-24)25-5-4-6-28(39)38(25)21-8-9-22(32)23(33)15-21/h8-9,11-12,14-15,20,25H,4-7,10,13H2,1-3H3/t20-,25+/m1/s1. The largest absolute Gasteiger partial charge is 0.361 e. The van der Waals surface area contributed by atoms with Crippen molar-refractivity contribution in [3.8, 4) is 11.1 Å². The molecule has 1 fully saturated rings. The number of amides is 1. The number of aromatic nitrogens is 4. The fraction of sp³-hybridized carbons (Fsp3) is 0.355. The molecule has 1 saturated heterocycles. The van der Waals surface area contributed by atoms with Gasteiger partial charge in [0.05, 0.1) is 33.8 Å². The maximum absolute atomic E-state index is 14.4. The average Bonchev–Trinajstić information content (AvgIpc) is 3.62. The maximum atomic E-state index is 14.4. The number of hydrogen-bond acceptors (Lipinski definition) is 6. The molecule has 1 aliphatic carbocycles. The summed E-state index contributed by atoms with van der Waals surface area (Å²) in [7, 11) is 0. The second kappa shape index (κ2) is 9.87. The second-order valence-electron chi connectivity index (χ2n) is 11.0. The van der Waals surface area contributed by atoms with Crippen molar-refractivity contribution in [2.75, 3.05) is 4.90 Å². The molecule has 5 heterocycles. The van der Waals surface area contributed by atoms with Gasteiger partial charge in [-0.3, -0.25) is 4.79 Å². The molecule has 4 aromatic heterocycles. The lowest BCUT2D eigenvalue weighted by Crippen LogP contribution is -2.39. The predicted molar refractivity (Wildman–Crippen MR) is 152 cm³/mol. The number of hydrogen-bond donors (Lipinski definition) is 0. The first kappa shape index (κ1) is 26.0. The van der Waals surface area contributed by atoms with Gasteiger partial charge in [0.2, 0.25) is 5.91 Å². The van der Waals surface area contributed by atoms with E-state index in [1.807, 2.05) is 33.0 Å². The topological polar surface area (TPSA) is 76.5 Å². The molecular weight excluding hydrogens is 544 g/mol. The molecule has 2 atom stereocenters. The van der Waals surface area contributed by atoms with Gasteiger partial charge in [-0.2, -0.15) is 0 Å². The number of imidazole rings is 1. The lowest BCUT2D eigenvalue weighted by Gasteiger charge is -2.36. The SMILES string of the molecule is Cc1nc2c(s1)C[C@H](c1c([C@@H]3CCCC(=O)N3c3ccc(F)c(F)c3)nc3cc(-c4c(C)noc4C)ccn13)CC2. The van der Waals surface area contributed by atoms with Crippen LogP contribution in [0.2, 0.25) is 0 Å². The number of halogens is 2. The zero-order chi connectivity index (χ0) is 28.4. The van der Waals surface area contributed by atoms with Crippen molar-refractivity contribution < 1.29 is 18.1 Å². The normalized spacial score (nSPS) is 19.2. The first-order chi connectivity index (χ1) is 19.8. The van der Waals surface area contributed by atoms with Crippen molar-refractivity contribution in [3.05, 3.63) is 86.6 Å². The van der Waals surface area contributed by atoms with Crippen molar-refractivity contribution in [2.45, 2.75) is 71.3 Å². The van der Waals surface area contributed by atoms with Crippen LogP contribution in [0.25, 0.3) is 16.8 Å². The molecule has 10 heteroatoms. The lowest BCUT2D eigenvalue weighted by molar-refractivity contribution is -0.120. The van der Waals surface area contributed by atoms with Crippen LogP contribution in [0.4, 0.5) is 14.5 Å². The Bertz CT molecular complexity index is 1800. The van der Waals surface area contributed by atoms with Crippen molar-refractivity contribution in [2.24, 2.45) is 0 Å². The van der Waals surface area contributed by atoms with E-state index >= 15 is 0 Å². The van der Waals surface area contributed by atoms with Crippen LogP contribution in [0.1, 0.15) is 76.1 Å². The number of fused-ring (bicyclic) bond motifs is 2. The number of aryl methyl sites for hydroxylation is 4. The van der Waals surface area contributed by atoms with Crippen molar-refractivity contribution in [1.29, 1.82) is 0 Å². The molecule has 0 saturated carbocycles. The van der Waals surface area contributed by atoms with Crippen molar-refractivity contribution >= 4 is 28.6 Å². The summed E-state index contributed by atoms with van der Waals surface area (Å²) in [5.74, 6) is -1.12. The molecule has 1 aromatic carbocycles. The molecule has 5 aromatic rings. The molecule has 1 amide bonds. The number of pyridine rings is 1. The van der Waals surface area contributed by atoms with Crippen LogP contribution >= 0.6 is 11.3 Å². The van der Waals surface area contributed by atoms with E-state index in [2.05, 4.69) is 15.6 Å². The Morgan fingerprint density at radius 2 is 1.88 bits per heavy atom. The van der Waals surface area contributed by atoms with Gasteiger partial charge >= 0.3 is 0 Å². The zero-order valence-electron chi connectivity index (χ0n) is 23.1. The monoisotopic (exact) mass is 573 g/mol. The third-order valence-electron chi connectivity index (χ3n) is 8.39. The average molecular weight is 574 g/mol. The summed E-state index contributed by atoms with van der Waals surface area (Å²) in [6.45, 7) is 5.86. The number of rotatable bonds is 4. The summed E-state index contributed by atoms with van der Waals surface area (Å²) in [5, 5.41) is 5.19. The van der Waals surface area contributed by atoms with Crippen LogP contribution in [0.3, 0.4) is 0 Å². The van der Waals surface area contributed by atoms with Crippen LogP contribution in [0.15, 0.2) is 41.1 Å². The van der Waals surface area contributed by atoms with Crippen molar-refractivity contribution in [1.82, 2.24) is 19.5 Å². The van der Waals surface area contributed by atoms with Gasteiger partial charge in [0.1, 0.15) is 11.4 Å². The van der Waals surface area contributed by atoms with Crippen LogP contribution in [0.5, 0.6) is 0 Å². The minimum Gasteiger partial charge on any atom is -0.361 e. The molecular formula is C31H29F2N5O2S. The summed E-state index contributed by atoms with van der Waals surface area (Å²) in [5.41, 5.74) is 6.87. The molecule has 0 unspecified atom stereocenters. The summed E-state index contributed by atoms with van der Waals surface area (Å²) in [4.78, 5) is 26.2. The molecule has 210 valence electrons. The van der Waals surface area contributed by atoms with Crippen LogP contribution in [-0.2, 0) is 17.6 Å². The molecule has 1 aliphatic heterocycles. The third-order valence-corrected chi connectivity index (χ3v) is 9.43. The Morgan fingerprint density at radius 1 is 1.02 bits per heavy atom. The summed E-state index contributed by atoms with van der Waals surface area (Å²) in [6, 6.07) is 7.37. The van der Waals surface area contributed by atoms with Gasteiger partial charge in [0.25, 0.3) is 0 Å². The Morgan fingerprint density at radius 3 is 2.66 bits per heavy atom. The van der Waals surface area contributed by atoms with Crippen LogP contribution in [0, 0.1) is 32.4 Å². The van der Waals surface area contributed by atoms with E-state index in [1.54, 1.807) is 16.2 Å². The summed E-state index contributed by atoms with van der Waals surface area (Å²) >= 11 is 1.74. The Hall–Kier alpha value is -3.92. The van der Waals surface area contributed by atoms with Gasteiger partial charge in [0.15, 0.2) is 11.6 Å². The molecule has 2 aliphatic rings. The smallest absolute Gasteiger partial charge is 0.227 e. The Kier molecular flexibility index (Phi) is 6.26. The van der Waals surface area contributed by atoms with E-state index in [9.17, 15) is 13.6 Å². The van der Waals surface area contributed by atoms with E-state index < -0.39 is 17.7 Å². The first-order valence-corrected chi connectivity index (χ1v) is 14.8. The lowest BCUT2D eigenvalue weighted by atomic mass is 9.85. The molecule has 0 radical (unpaired) electrons. The van der Waals surface area contributed by atoms with Gasteiger partial charge in [-0.05, 0) is 82.7 Å². The quantitative estimate of drug-likeness (QED) is 0.228. The highest BCUT2D eigenvalue weighted by molar-refractivity contribution is 7.11. The minimum absolute atomic E-state index is 0.115. The molecule has 7 nitrogen and oxygen atoms in total. The van der Waals surface area contributed by atoms with Gasteiger partial charge in [-0.1, -0.05) is 5.16 Å². The highest BCUT2D eigenvalue weighted by Crippen LogP contribution is 2.43. The van der Waals surface area contributed by atoms with E-state index in [0.29, 0.717) is 24.9 Å². The molecule has 0 spiro atoms. The van der Waals surface area contributed by atoms with Gasteiger partial charge in [0, 0.05) is 40.7 Å². The molecule has 7 rings (SSSR count). The second-order valence-corrected chi connectivity index (χ2v) is 12.3. The number of nitrogens with zero attached hydrogens (tertiary/aromatic N) is 5. The van der Waals surface area contributed by atoms with Gasteiger partial charge < -0.3 is 13.8 Å². The predicted octanol–water partition coefficient (Wildman–Crippen LogP) is 7.18. The molecule has 0 bridgehead atoms. The first-order valence-electron chi connectivity index (χ1n) is 14.0. The Balaban J connectivity index is 1.40. The number of piperidine rings is 1. The zero-order valence-corrected chi connectivity index (χ0v) is 23.9. The number of thiazole rings is 1. The third kappa shape index (κ3) is 4.36.